The van der Waals surface area contributed by atoms with E-state index < -0.39 is 5.97 Å². The van der Waals surface area contributed by atoms with Gasteiger partial charge in [-0.25, -0.2) is 0 Å². The van der Waals surface area contributed by atoms with Gasteiger partial charge < -0.3 is 14.3 Å². The Morgan fingerprint density at radius 3 is 3.10 bits per heavy atom. The fraction of sp³-hybridized carbons (Fsp3) is 0.357. The van der Waals surface area contributed by atoms with E-state index in [2.05, 4.69) is 10.2 Å². The summed E-state index contributed by atoms with van der Waals surface area (Å²) in [6, 6.07) is 5.77. The number of hydrogen-bond donors (Lipinski definition) is 1. The minimum Gasteiger partial charge on any atom is -0.493 e. The number of rotatable bonds is 4. The summed E-state index contributed by atoms with van der Waals surface area (Å²) in [7, 11) is 0. The van der Waals surface area contributed by atoms with Gasteiger partial charge in [0.05, 0.1) is 13.0 Å². The Balaban J connectivity index is 1.80. The lowest BCUT2D eigenvalue weighted by molar-refractivity contribution is -0.137. The highest BCUT2D eigenvalue weighted by atomic mass is 16.5. The fourth-order valence-electron chi connectivity index (χ4n) is 2.18. The zero-order valence-electron chi connectivity index (χ0n) is 10.8. The molecule has 0 radical (unpaired) electrons. The van der Waals surface area contributed by atoms with Crippen molar-refractivity contribution in [2.75, 3.05) is 6.61 Å². The van der Waals surface area contributed by atoms with Gasteiger partial charge in [0.1, 0.15) is 5.75 Å². The fourth-order valence-corrected chi connectivity index (χ4v) is 2.18. The molecule has 0 amide bonds. The number of carboxylic acid groups (broad SMARTS) is 1. The molecule has 0 spiro atoms. The van der Waals surface area contributed by atoms with E-state index in [0.717, 1.165) is 36.3 Å². The second kappa shape index (κ2) is 5.32. The number of carboxylic acids is 1. The van der Waals surface area contributed by atoms with E-state index in [1.54, 1.807) is 0 Å². The maximum atomic E-state index is 10.5. The Morgan fingerprint density at radius 1 is 1.35 bits per heavy atom. The van der Waals surface area contributed by atoms with Gasteiger partial charge in [0, 0.05) is 12.0 Å². The molecule has 1 aromatic carbocycles. The van der Waals surface area contributed by atoms with Crippen molar-refractivity contribution in [2.45, 2.75) is 25.7 Å². The Kier molecular flexibility index (Phi) is 3.37. The smallest absolute Gasteiger partial charge is 0.303 e. The lowest BCUT2D eigenvalue weighted by Crippen LogP contribution is -2.08. The molecule has 0 aliphatic carbocycles. The van der Waals surface area contributed by atoms with Crippen LogP contribution in [0.25, 0.3) is 11.5 Å². The molecule has 0 bridgehead atoms. The first-order valence-corrected chi connectivity index (χ1v) is 6.52. The van der Waals surface area contributed by atoms with Crippen LogP contribution >= 0.6 is 0 Å². The maximum Gasteiger partial charge on any atom is 0.303 e. The number of nitrogens with zero attached hydrogens (tertiary/aromatic N) is 2. The summed E-state index contributed by atoms with van der Waals surface area (Å²) in [6.07, 6.45) is 2.21. The maximum absolute atomic E-state index is 10.5. The number of hydrogen-bond acceptors (Lipinski definition) is 5. The van der Waals surface area contributed by atoms with Gasteiger partial charge in [-0.1, -0.05) is 0 Å². The van der Waals surface area contributed by atoms with Crippen molar-refractivity contribution in [3.8, 4) is 17.2 Å². The number of aromatic nitrogens is 2. The summed E-state index contributed by atoms with van der Waals surface area (Å²) in [6.45, 7) is 0.756. The van der Waals surface area contributed by atoms with E-state index in [4.69, 9.17) is 14.3 Å². The van der Waals surface area contributed by atoms with E-state index in [0.29, 0.717) is 11.8 Å². The number of benzene rings is 1. The van der Waals surface area contributed by atoms with Gasteiger partial charge in [-0.15, -0.1) is 10.2 Å². The summed E-state index contributed by atoms with van der Waals surface area (Å²) in [4.78, 5) is 10.5. The second-order valence-corrected chi connectivity index (χ2v) is 4.67. The van der Waals surface area contributed by atoms with Crippen LogP contribution in [0.4, 0.5) is 0 Å². The highest BCUT2D eigenvalue weighted by Crippen LogP contribution is 2.29. The molecule has 104 valence electrons. The highest BCUT2D eigenvalue weighted by Gasteiger charge is 2.14. The van der Waals surface area contributed by atoms with Crippen molar-refractivity contribution in [1.29, 1.82) is 0 Å². The first-order valence-electron chi connectivity index (χ1n) is 6.52. The topological polar surface area (TPSA) is 85.5 Å². The Morgan fingerprint density at radius 2 is 2.25 bits per heavy atom. The number of carbonyl (C=O) groups is 1. The van der Waals surface area contributed by atoms with Crippen LogP contribution in [0.5, 0.6) is 5.75 Å². The zero-order valence-corrected chi connectivity index (χ0v) is 10.8. The Hall–Kier alpha value is -2.37. The van der Waals surface area contributed by atoms with Crippen molar-refractivity contribution < 1.29 is 19.1 Å². The summed E-state index contributed by atoms with van der Waals surface area (Å²) in [5.41, 5.74) is 1.97. The van der Waals surface area contributed by atoms with Gasteiger partial charge in [0.2, 0.25) is 11.8 Å². The minimum atomic E-state index is -0.879. The molecule has 1 aromatic heterocycles. The number of aryl methyl sites for hydroxylation is 2. The molecule has 20 heavy (non-hydrogen) atoms. The normalized spacial score (nSPS) is 13.6. The molecule has 2 heterocycles. The third-order valence-electron chi connectivity index (χ3n) is 3.18. The summed E-state index contributed by atoms with van der Waals surface area (Å²) < 4.78 is 11.0. The molecular formula is C14H14N2O4. The van der Waals surface area contributed by atoms with Crippen LogP contribution in [-0.2, 0) is 17.6 Å². The van der Waals surface area contributed by atoms with Crippen LogP contribution in [-0.4, -0.2) is 27.9 Å². The van der Waals surface area contributed by atoms with Crippen molar-refractivity contribution >= 4 is 5.97 Å². The molecule has 0 atom stereocenters. The number of fused-ring (bicyclic) bond motifs is 1. The molecule has 0 saturated heterocycles. The van der Waals surface area contributed by atoms with E-state index in [-0.39, 0.29) is 12.8 Å². The van der Waals surface area contributed by atoms with E-state index >= 15 is 0 Å². The van der Waals surface area contributed by atoms with Gasteiger partial charge >= 0.3 is 5.97 Å². The van der Waals surface area contributed by atoms with Crippen molar-refractivity contribution in [1.82, 2.24) is 10.2 Å². The molecule has 0 fully saturated rings. The largest absolute Gasteiger partial charge is 0.493 e. The standard InChI is InChI=1S/C14H14N2O4/c17-13(18)6-5-12-15-16-14(20-12)10-3-4-11-9(8-10)2-1-7-19-11/h3-4,8H,1-2,5-7H2,(H,17,18). The quantitative estimate of drug-likeness (QED) is 0.918. The van der Waals surface area contributed by atoms with Crippen LogP contribution < -0.4 is 4.74 Å². The minimum absolute atomic E-state index is 0.0142. The van der Waals surface area contributed by atoms with Gasteiger partial charge in [0.15, 0.2) is 0 Å². The molecule has 1 N–H and O–H groups in total. The molecule has 0 unspecified atom stereocenters. The van der Waals surface area contributed by atoms with Crippen molar-refractivity contribution in [3.05, 3.63) is 29.7 Å². The second-order valence-electron chi connectivity index (χ2n) is 4.67. The molecule has 1 aliphatic heterocycles. The van der Waals surface area contributed by atoms with E-state index in [9.17, 15) is 4.79 Å². The monoisotopic (exact) mass is 274 g/mol. The van der Waals surface area contributed by atoms with E-state index in [1.165, 1.54) is 0 Å². The number of aliphatic carboxylic acids is 1. The van der Waals surface area contributed by atoms with Crippen LogP contribution in [0.1, 0.15) is 24.3 Å². The molecule has 3 rings (SSSR count). The van der Waals surface area contributed by atoms with Gasteiger partial charge in [-0.05, 0) is 36.6 Å². The predicted molar refractivity (Wildman–Crippen MR) is 69.5 cm³/mol. The van der Waals surface area contributed by atoms with Gasteiger partial charge in [-0.2, -0.15) is 0 Å². The Bertz CT molecular complexity index is 636. The molecule has 1 aliphatic rings. The first-order chi connectivity index (χ1) is 9.72. The third-order valence-corrected chi connectivity index (χ3v) is 3.18. The molecule has 6 nitrogen and oxygen atoms in total. The summed E-state index contributed by atoms with van der Waals surface area (Å²) in [5.74, 6) is 0.788. The average Bonchev–Trinajstić information content (AvgIpc) is 2.93. The molecule has 0 saturated carbocycles. The lowest BCUT2D eigenvalue weighted by Gasteiger charge is -2.17. The van der Waals surface area contributed by atoms with Crippen molar-refractivity contribution in [3.63, 3.8) is 0 Å². The molecule has 2 aromatic rings. The van der Waals surface area contributed by atoms with Crippen LogP contribution in [0.2, 0.25) is 0 Å². The van der Waals surface area contributed by atoms with Gasteiger partial charge in [0.25, 0.3) is 0 Å². The predicted octanol–water partition coefficient (Wildman–Crippen LogP) is 2.08. The Labute approximate surface area is 115 Å². The SMILES string of the molecule is O=C(O)CCc1nnc(-c2ccc3c(c2)CCCO3)o1. The van der Waals surface area contributed by atoms with Gasteiger partial charge in [-0.3, -0.25) is 4.79 Å². The van der Waals surface area contributed by atoms with Crippen LogP contribution in [0.3, 0.4) is 0 Å². The highest BCUT2D eigenvalue weighted by molar-refractivity contribution is 5.66. The summed E-state index contributed by atoms with van der Waals surface area (Å²) in [5, 5.41) is 16.5. The zero-order chi connectivity index (χ0) is 13.9. The third kappa shape index (κ3) is 2.64. The molecule has 6 heteroatoms. The lowest BCUT2D eigenvalue weighted by atomic mass is 10.0. The van der Waals surface area contributed by atoms with E-state index in [1.807, 2.05) is 18.2 Å². The van der Waals surface area contributed by atoms with Crippen LogP contribution in [0, 0.1) is 0 Å². The summed E-state index contributed by atoms with van der Waals surface area (Å²) >= 11 is 0. The van der Waals surface area contributed by atoms with Crippen LogP contribution in [0.15, 0.2) is 22.6 Å². The average molecular weight is 274 g/mol. The first kappa shape index (κ1) is 12.7. The number of ether oxygens (including phenoxy) is 1. The van der Waals surface area contributed by atoms with Crippen molar-refractivity contribution in [2.24, 2.45) is 0 Å². The molecular weight excluding hydrogens is 260 g/mol.